The van der Waals surface area contributed by atoms with Gasteiger partial charge in [0.25, 0.3) is 5.91 Å². The first-order valence-electron chi connectivity index (χ1n) is 13.4. The number of carbonyl (C=O) groups is 2. The Labute approximate surface area is 234 Å². The lowest BCUT2D eigenvalue weighted by molar-refractivity contribution is -0.114. The first kappa shape index (κ1) is 30.7. The molecule has 11 heteroatoms. The van der Waals surface area contributed by atoms with Crippen LogP contribution in [0.15, 0.2) is 52.4 Å². The molecule has 1 N–H and O–H groups in total. The highest BCUT2D eigenvalue weighted by atomic mass is 32.2. The quantitative estimate of drug-likeness (QED) is 0.272. The number of hydrogen-bond acceptors (Lipinski definition) is 6. The second-order valence-corrected chi connectivity index (χ2v) is 12.1. The fraction of sp³-hybridized carbons (Fsp3) is 0.464. The van der Waals surface area contributed by atoms with Gasteiger partial charge in [0, 0.05) is 44.4 Å². The van der Waals surface area contributed by atoms with Crippen LogP contribution in [0.5, 0.6) is 0 Å². The van der Waals surface area contributed by atoms with Crippen molar-refractivity contribution in [1.29, 1.82) is 0 Å². The highest BCUT2D eigenvalue weighted by molar-refractivity contribution is 7.89. The molecule has 0 saturated heterocycles. The molecule has 3 rings (SSSR count). The van der Waals surface area contributed by atoms with Crippen molar-refractivity contribution in [2.75, 3.05) is 31.6 Å². The molecule has 0 aliphatic carbocycles. The predicted molar refractivity (Wildman–Crippen MR) is 156 cm³/mol. The van der Waals surface area contributed by atoms with Gasteiger partial charge in [-0.15, -0.1) is 0 Å². The molecule has 3 aromatic rings. The van der Waals surface area contributed by atoms with E-state index < -0.39 is 15.9 Å². The fourth-order valence-electron chi connectivity index (χ4n) is 4.05. The summed E-state index contributed by atoms with van der Waals surface area (Å²) in [6, 6.07) is 11.5. The van der Waals surface area contributed by atoms with Crippen LogP contribution in [0.2, 0.25) is 0 Å². The third kappa shape index (κ3) is 8.07. The molecule has 0 aliphatic heterocycles. The molecular formula is C28H38N4O5S2. The van der Waals surface area contributed by atoms with Crippen molar-refractivity contribution in [2.45, 2.75) is 64.8 Å². The highest BCUT2D eigenvalue weighted by Crippen LogP contribution is 2.23. The zero-order chi connectivity index (χ0) is 28.4. The van der Waals surface area contributed by atoms with Gasteiger partial charge in [0.2, 0.25) is 15.9 Å². The standard InChI is InChI=1S/C28H38N4O5S2/c1-5-8-16-31(17-9-6-2)39(35,36)24-13-10-22(11-14-24)27(34)30-28-32(18-19-37-7-3)25-15-12-23(29-21(4)33)20-26(25)38-28/h10-15,20H,5-9,16-19H2,1-4H3,(H,29,33). The summed E-state index contributed by atoms with van der Waals surface area (Å²) in [5, 5.41) is 2.78. The van der Waals surface area contributed by atoms with Crippen LogP contribution in [0.4, 0.5) is 5.69 Å². The van der Waals surface area contributed by atoms with Gasteiger partial charge in [-0.2, -0.15) is 9.30 Å². The molecule has 1 aromatic heterocycles. The zero-order valence-electron chi connectivity index (χ0n) is 23.1. The molecule has 0 unspecified atom stereocenters. The van der Waals surface area contributed by atoms with E-state index in [0.717, 1.165) is 35.9 Å². The van der Waals surface area contributed by atoms with Gasteiger partial charge in [-0.3, -0.25) is 9.59 Å². The molecule has 0 bridgehead atoms. The smallest absolute Gasteiger partial charge is 0.279 e. The zero-order valence-corrected chi connectivity index (χ0v) is 24.7. The van der Waals surface area contributed by atoms with Crippen molar-refractivity contribution in [3.63, 3.8) is 0 Å². The lowest BCUT2D eigenvalue weighted by Crippen LogP contribution is -2.33. The largest absolute Gasteiger partial charge is 0.380 e. The van der Waals surface area contributed by atoms with Crippen LogP contribution in [-0.2, 0) is 26.1 Å². The first-order valence-corrected chi connectivity index (χ1v) is 15.6. The van der Waals surface area contributed by atoms with Gasteiger partial charge in [0.15, 0.2) is 4.80 Å². The normalized spacial score (nSPS) is 12.4. The Morgan fingerprint density at radius 1 is 1.03 bits per heavy atom. The van der Waals surface area contributed by atoms with Gasteiger partial charge in [-0.05, 0) is 62.2 Å². The number of benzene rings is 2. The lowest BCUT2D eigenvalue weighted by Gasteiger charge is -2.22. The Hall–Kier alpha value is -2.86. The fourth-order valence-corrected chi connectivity index (χ4v) is 6.66. The van der Waals surface area contributed by atoms with E-state index in [1.807, 2.05) is 43.5 Å². The van der Waals surface area contributed by atoms with E-state index >= 15 is 0 Å². The second-order valence-electron chi connectivity index (χ2n) is 9.15. The Balaban J connectivity index is 1.93. The van der Waals surface area contributed by atoms with Crippen molar-refractivity contribution < 1.29 is 22.7 Å². The number of rotatable bonds is 14. The van der Waals surface area contributed by atoms with Gasteiger partial charge in [-0.25, -0.2) is 8.42 Å². The highest BCUT2D eigenvalue weighted by Gasteiger charge is 2.24. The monoisotopic (exact) mass is 574 g/mol. The third-order valence-electron chi connectivity index (χ3n) is 6.12. The molecule has 0 aliphatic rings. The number of carbonyl (C=O) groups excluding carboxylic acids is 2. The summed E-state index contributed by atoms with van der Waals surface area (Å²) >= 11 is 1.34. The van der Waals surface area contributed by atoms with Crippen molar-refractivity contribution in [3.05, 3.63) is 52.8 Å². The summed E-state index contributed by atoms with van der Waals surface area (Å²) < 4.78 is 36.4. The second kappa shape index (κ2) is 14.5. The summed E-state index contributed by atoms with van der Waals surface area (Å²) in [5.41, 5.74) is 1.84. The molecule has 0 atom stereocenters. The molecule has 0 fully saturated rings. The number of amides is 2. The summed E-state index contributed by atoms with van der Waals surface area (Å²) in [4.78, 5) is 29.7. The minimum absolute atomic E-state index is 0.167. The molecule has 9 nitrogen and oxygen atoms in total. The number of sulfonamides is 1. The van der Waals surface area contributed by atoms with Crippen molar-refractivity contribution in [1.82, 2.24) is 8.87 Å². The Morgan fingerprint density at radius 3 is 2.28 bits per heavy atom. The number of ether oxygens (including phenoxy) is 1. The molecule has 2 aromatic carbocycles. The van der Waals surface area contributed by atoms with Gasteiger partial charge in [-0.1, -0.05) is 38.0 Å². The number of hydrogen-bond donors (Lipinski definition) is 1. The molecule has 0 saturated carbocycles. The minimum atomic E-state index is -3.65. The SMILES string of the molecule is CCCCN(CCCC)S(=O)(=O)c1ccc(C(=O)N=c2sc3cc(NC(C)=O)ccc3n2CCOCC)cc1. The number of anilines is 1. The van der Waals surface area contributed by atoms with Crippen LogP contribution in [0.25, 0.3) is 10.2 Å². The summed E-state index contributed by atoms with van der Waals surface area (Å²) in [6.07, 6.45) is 3.40. The Bertz CT molecular complexity index is 1430. The maximum Gasteiger partial charge on any atom is 0.279 e. The maximum atomic E-state index is 13.3. The molecule has 1 heterocycles. The number of nitrogens with one attached hydrogen (secondary N) is 1. The summed E-state index contributed by atoms with van der Waals surface area (Å²) in [5.74, 6) is -0.633. The van der Waals surface area contributed by atoms with Gasteiger partial charge < -0.3 is 14.6 Å². The van der Waals surface area contributed by atoms with Crippen molar-refractivity contribution >= 4 is 49.1 Å². The molecule has 0 spiro atoms. The topological polar surface area (TPSA) is 110 Å². The lowest BCUT2D eigenvalue weighted by atomic mass is 10.2. The van der Waals surface area contributed by atoms with E-state index in [4.69, 9.17) is 4.74 Å². The molecule has 0 radical (unpaired) electrons. The van der Waals surface area contributed by atoms with E-state index in [1.165, 1.54) is 46.8 Å². The van der Waals surface area contributed by atoms with Crippen LogP contribution in [0, 0.1) is 0 Å². The third-order valence-corrected chi connectivity index (χ3v) is 9.08. The number of fused-ring (bicyclic) bond motifs is 1. The van der Waals surface area contributed by atoms with E-state index in [-0.39, 0.29) is 10.8 Å². The van der Waals surface area contributed by atoms with Crippen molar-refractivity contribution in [2.24, 2.45) is 4.99 Å². The molecule has 212 valence electrons. The maximum absolute atomic E-state index is 13.3. The first-order chi connectivity index (χ1) is 18.7. The minimum Gasteiger partial charge on any atom is -0.380 e. The number of unbranched alkanes of at least 4 members (excludes halogenated alkanes) is 2. The summed E-state index contributed by atoms with van der Waals surface area (Å²) in [7, 11) is -3.65. The molecule has 39 heavy (non-hydrogen) atoms. The summed E-state index contributed by atoms with van der Waals surface area (Å²) in [6.45, 7) is 9.93. The number of aromatic nitrogens is 1. The Kier molecular flexibility index (Phi) is 11.4. The molecular weight excluding hydrogens is 536 g/mol. The van der Waals surface area contributed by atoms with E-state index in [1.54, 1.807) is 0 Å². The molecule has 2 amide bonds. The Morgan fingerprint density at radius 2 is 1.69 bits per heavy atom. The predicted octanol–water partition coefficient (Wildman–Crippen LogP) is 5.03. The average molecular weight is 575 g/mol. The van der Waals surface area contributed by atoms with Crippen LogP contribution < -0.4 is 10.1 Å². The van der Waals surface area contributed by atoms with Crippen molar-refractivity contribution in [3.8, 4) is 0 Å². The van der Waals surface area contributed by atoms with E-state index in [9.17, 15) is 18.0 Å². The van der Waals surface area contributed by atoms with Gasteiger partial charge in [0.05, 0.1) is 21.7 Å². The van der Waals surface area contributed by atoms with Crippen LogP contribution >= 0.6 is 11.3 Å². The average Bonchev–Trinajstić information content (AvgIpc) is 3.24. The van der Waals surface area contributed by atoms with Crippen LogP contribution in [-0.4, -0.2) is 55.4 Å². The van der Waals surface area contributed by atoms with E-state index in [0.29, 0.717) is 48.9 Å². The van der Waals surface area contributed by atoms with Gasteiger partial charge in [0.1, 0.15) is 0 Å². The van der Waals surface area contributed by atoms with Gasteiger partial charge >= 0.3 is 0 Å². The number of nitrogens with zero attached hydrogens (tertiary/aromatic N) is 3. The number of thiazole rings is 1. The van der Waals surface area contributed by atoms with E-state index in [2.05, 4.69) is 10.3 Å². The van der Waals surface area contributed by atoms with Crippen LogP contribution in [0.3, 0.4) is 0 Å². The van der Waals surface area contributed by atoms with Crippen LogP contribution in [0.1, 0.15) is 63.7 Å².